The molecule has 2 aromatic rings. The van der Waals surface area contributed by atoms with Crippen LogP contribution in [0.15, 0.2) is 54.6 Å². The van der Waals surface area contributed by atoms with Crippen LogP contribution in [0.1, 0.15) is 29.5 Å². The lowest BCUT2D eigenvalue weighted by Crippen LogP contribution is -2.32. The first kappa shape index (κ1) is 15.3. The van der Waals surface area contributed by atoms with Crippen LogP contribution < -0.4 is 10.9 Å². The Morgan fingerprint density at radius 3 is 2.52 bits per heavy atom. The van der Waals surface area contributed by atoms with Gasteiger partial charge >= 0.3 is 0 Å². The molecule has 2 aromatic carbocycles. The average molecular weight is 280 g/mol. The van der Waals surface area contributed by atoms with Gasteiger partial charge in [0.25, 0.3) is 0 Å². The van der Waals surface area contributed by atoms with Crippen molar-refractivity contribution in [1.82, 2.24) is 0 Å². The molecule has 0 bridgehead atoms. The Morgan fingerprint density at radius 1 is 1.00 bits per heavy atom. The Balaban J connectivity index is 1.81. The van der Waals surface area contributed by atoms with Gasteiger partial charge in [0.1, 0.15) is 0 Å². The van der Waals surface area contributed by atoms with Crippen molar-refractivity contribution in [3.05, 3.63) is 71.3 Å². The SMILES string of the molecule is Cc1cccc(N(N)CCCC=Cc2ccccc2)c1C. The molecule has 2 N–H and O–H groups in total. The number of rotatable bonds is 6. The van der Waals surface area contributed by atoms with Crippen molar-refractivity contribution in [2.45, 2.75) is 26.7 Å². The summed E-state index contributed by atoms with van der Waals surface area (Å²) in [6, 6.07) is 16.6. The maximum absolute atomic E-state index is 6.17. The Bertz CT molecular complexity index is 588. The van der Waals surface area contributed by atoms with Crippen LogP contribution in [0, 0.1) is 13.8 Å². The molecular formula is C19H24N2. The number of anilines is 1. The summed E-state index contributed by atoms with van der Waals surface area (Å²) in [5, 5.41) is 1.86. The van der Waals surface area contributed by atoms with E-state index in [1.807, 2.05) is 11.1 Å². The van der Waals surface area contributed by atoms with Gasteiger partial charge < -0.3 is 5.01 Å². The minimum absolute atomic E-state index is 0.865. The number of hydrazine groups is 1. The summed E-state index contributed by atoms with van der Waals surface area (Å²) < 4.78 is 0. The molecule has 0 aliphatic carbocycles. The molecule has 0 aliphatic rings. The molecule has 2 heteroatoms. The minimum atomic E-state index is 0.865. The maximum Gasteiger partial charge on any atom is 0.0548 e. The third-order valence-electron chi connectivity index (χ3n) is 3.77. The molecule has 0 fully saturated rings. The predicted molar refractivity (Wildman–Crippen MR) is 92.2 cm³/mol. The van der Waals surface area contributed by atoms with E-state index in [0.717, 1.165) is 25.1 Å². The van der Waals surface area contributed by atoms with Gasteiger partial charge in [0.15, 0.2) is 0 Å². The molecule has 2 nitrogen and oxygen atoms in total. The van der Waals surface area contributed by atoms with Crippen molar-refractivity contribution in [2.75, 3.05) is 11.6 Å². The van der Waals surface area contributed by atoms with Gasteiger partial charge in [-0.2, -0.15) is 0 Å². The average Bonchev–Trinajstić information content (AvgIpc) is 2.50. The lowest BCUT2D eigenvalue weighted by atomic mass is 10.1. The second kappa shape index (κ2) is 7.65. The number of hydrogen-bond acceptors (Lipinski definition) is 2. The molecule has 0 aromatic heterocycles. The van der Waals surface area contributed by atoms with E-state index < -0.39 is 0 Å². The van der Waals surface area contributed by atoms with Crippen LogP contribution >= 0.6 is 0 Å². The Kier molecular flexibility index (Phi) is 5.59. The van der Waals surface area contributed by atoms with Crippen molar-refractivity contribution in [1.29, 1.82) is 0 Å². The Hall–Kier alpha value is -2.06. The van der Waals surface area contributed by atoms with E-state index in [0.29, 0.717) is 0 Å². The number of nitrogens with two attached hydrogens (primary N) is 1. The lowest BCUT2D eigenvalue weighted by molar-refractivity contribution is 0.764. The first-order valence-electron chi connectivity index (χ1n) is 7.48. The fraction of sp³-hybridized carbons (Fsp3) is 0.263. The summed E-state index contributed by atoms with van der Waals surface area (Å²) in [5.74, 6) is 6.17. The molecule has 0 amide bonds. The van der Waals surface area contributed by atoms with Gasteiger partial charge in [0.05, 0.1) is 5.69 Å². The number of nitrogens with zero attached hydrogens (tertiary/aromatic N) is 1. The van der Waals surface area contributed by atoms with E-state index in [1.165, 1.54) is 16.7 Å². The molecule has 0 saturated heterocycles. The summed E-state index contributed by atoms with van der Waals surface area (Å²) in [4.78, 5) is 0. The second-order valence-corrected chi connectivity index (χ2v) is 5.37. The van der Waals surface area contributed by atoms with Crippen LogP contribution in [0.25, 0.3) is 6.08 Å². The summed E-state index contributed by atoms with van der Waals surface area (Å²) in [6.45, 7) is 5.11. The van der Waals surface area contributed by atoms with Gasteiger partial charge in [-0.3, -0.25) is 0 Å². The molecular weight excluding hydrogens is 256 g/mol. The van der Waals surface area contributed by atoms with E-state index >= 15 is 0 Å². The topological polar surface area (TPSA) is 29.3 Å². The van der Waals surface area contributed by atoms with E-state index in [9.17, 15) is 0 Å². The monoisotopic (exact) mass is 280 g/mol. The third kappa shape index (κ3) is 4.47. The number of aryl methyl sites for hydroxylation is 1. The van der Waals surface area contributed by atoms with Gasteiger partial charge in [-0.1, -0.05) is 54.6 Å². The van der Waals surface area contributed by atoms with E-state index in [-0.39, 0.29) is 0 Å². The molecule has 0 spiro atoms. The normalized spacial score (nSPS) is 11.0. The molecule has 0 aliphatic heterocycles. The lowest BCUT2D eigenvalue weighted by Gasteiger charge is -2.21. The van der Waals surface area contributed by atoms with Gasteiger partial charge in [0.2, 0.25) is 0 Å². The first-order chi connectivity index (χ1) is 10.2. The van der Waals surface area contributed by atoms with Crippen molar-refractivity contribution in [3.63, 3.8) is 0 Å². The first-order valence-corrected chi connectivity index (χ1v) is 7.48. The number of benzene rings is 2. The zero-order valence-electron chi connectivity index (χ0n) is 12.9. The van der Waals surface area contributed by atoms with Gasteiger partial charge in [-0.05, 0) is 49.4 Å². The molecule has 0 unspecified atom stereocenters. The largest absolute Gasteiger partial charge is 0.311 e. The molecule has 0 atom stereocenters. The van der Waals surface area contributed by atoms with Gasteiger partial charge in [0, 0.05) is 6.54 Å². The highest BCUT2D eigenvalue weighted by Crippen LogP contribution is 2.20. The number of hydrogen-bond donors (Lipinski definition) is 1. The number of unbranched alkanes of at least 4 members (excludes halogenated alkanes) is 1. The highest BCUT2D eigenvalue weighted by Gasteiger charge is 2.05. The van der Waals surface area contributed by atoms with Crippen molar-refractivity contribution < 1.29 is 0 Å². The van der Waals surface area contributed by atoms with Gasteiger partial charge in [-0.15, -0.1) is 0 Å². The third-order valence-corrected chi connectivity index (χ3v) is 3.77. The molecule has 0 saturated carbocycles. The van der Waals surface area contributed by atoms with Gasteiger partial charge in [-0.25, -0.2) is 5.84 Å². The van der Waals surface area contributed by atoms with Crippen molar-refractivity contribution in [3.8, 4) is 0 Å². The predicted octanol–water partition coefficient (Wildman–Crippen LogP) is 4.48. The Labute approximate surface area is 127 Å². The molecule has 2 rings (SSSR count). The van der Waals surface area contributed by atoms with Crippen molar-refractivity contribution in [2.24, 2.45) is 5.84 Å². The van der Waals surface area contributed by atoms with Crippen LogP contribution in [0.4, 0.5) is 5.69 Å². The summed E-state index contributed by atoms with van der Waals surface area (Å²) in [5.41, 5.74) is 4.92. The number of allylic oxidation sites excluding steroid dienone is 1. The zero-order valence-corrected chi connectivity index (χ0v) is 12.9. The highest BCUT2D eigenvalue weighted by molar-refractivity contribution is 5.54. The summed E-state index contributed by atoms with van der Waals surface area (Å²) >= 11 is 0. The minimum Gasteiger partial charge on any atom is -0.311 e. The summed E-state index contributed by atoms with van der Waals surface area (Å²) in [7, 11) is 0. The van der Waals surface area contributed by atoms with E-state index in [2.05, 4.69) is 68.5 Å². The summed E-state index contributed by atoms with van der Waals surface area (Å²) in [6.07, 6.45) is 6.46. The van der Waals surface area contributed by atoms with Crippen LogP contribution in [0.5, 0.6) is 0 Å². The maximum atomic E-state index is 6.17. The fourth-order valence-corrected chi connectivity index (χ4v) is 2.33. The Morgan fingerprint density at radius 2 is 1.76 bits per heavy atom. The van der Waals surface area contributed by atoms with Crippen LogP contribution in [-0.4, -0.2) is 6.54 Å². The quantitative estimate of drug-likeness (QED) is 0.480. The van der Waals surface area contributed by atoms with E-state index in [1.54, 1.807) is 0 Å². The zero-order chi connectivity index (χ0) is 15.1. The molecule has 21 heavy (non-hydrogen) atoms. The fourth-order valence-electron chi connectivity index (χ4n) is 2.33. The smallest absolute Gasteiger partial charge is 0.0548 e. The van der Waals surface area contributed by atoms with E-state index in [4.69, 9.17) is 5.84 Å². The van der Waals surface area contributed by atoms with Crippen LogP contribution in [0.3, 0.4) is 0 Å². The van der Waals surface area contributed by atoms with Crippen LogP contribution in [0.2, 0.25) is 0 Å². The van der Waals surface area contributed by atoms with Crippen molar-refractivity contribution >= 4 is 11.8 Å². The molecule has 0 heterocycles. The second-order valence-electron chi connectivity index (χ2n) is 5.37. The molecule has 0 radical (unpaired) electrons. The standard InChI is InChI=1S/C19H24N2/c1-16-10-9-14-19(17(16)2)21(20)15-8-4-7-13-18-11-5-3-6-12-18/h3,5-7,9-14H,4,8,15,20H2,1-2H3. The van der Waals surface area contributed by atoms with Crippen LogP contribution in [-0.2, 0) is 0 Å². The molecule has 110 valence electrons. The highest BCUT2D eigenvalue weighted by atomic mass is 15.4.